The van der Waals surface area contributed by atoms with Crippen molar-refractivity contribution < 1.29 is 0 Å². The molecule has 0 radical (unpaired) electrons. The van der Waals surface area contributed by atoms with Gasteiger partial charge in [-0.15, -0.1) is 0 Å². The first-order valence-electron chi connectivity index (χ1n) is 7.31. The number of nitrogens with zero attached hydrogens (tertiary/aromatic N) is 4. The fourth-order valence-corrected chi connectivity index (χ4v) is 3.50. The van der Waals surface area contributed by atoms with Gasteiger partial charge in [0.25, 0.3) is 5.56 Å². The predicted molar refractivity (Wildman–Crippen MR) is 80.2 cm³/mol. The van der Waals surface area contributed by atoms with Crippen LogP contribution in [0.5, 0.6) is 0 Å². The Morgan fingerprint density at radius 1 is 1.20 bits per heavy atom. The lowest BCUT2D eigenvalue weighted by molar-refractivity contribution is 0.237. The third-order valence-electron chi connectivity index (χ3n) is 3.73. The number of aromatic nitrogens is 3. The number of rotatable bonds is 2. The Morgan fingerprint density at radius 2 is 1.90 bits per heavy atom. The molecule has 3 rings (SSSR count). The minimum Gasteiger partial charge on any atom is -0.298 e. The average molecular weight is 292 g/mol. The lowest BCUT2D eigenvalue weighted by atomic mass is 10.1. The second-order valence-corrected chi connectivity index (χ2v) is 6.61. The van der Waals surface area contributed by atoms with Crippen molar-refractivity contribution >= 4 is 16.3 Å². The molecule has 20 heavy (non-hydrogen) atoms. The van der Waals surface area contributed by atoms with E-state index in [9.17, 15) is 4.79 Å². The summed E-state index contributed by atoms with van der Waals surface area (Å²) in [6, 6.07) is 1.63. The first-order valence-corrected chi connectivity index (χ1v) is 8.13. The summed E-state index contributed by atoms with van der Waals surface area (Å²) in [5.74, 6) is 0. The molecule has 0 N–H and O–H groups in total. The van der Waals surface area contributed by atoms with Gasteiger partial charge in [-0.3, -0.25) is 9.69 Å². The van der Waals surface area contributed by atoms with E-state index in [-0.39, 0.29) is 5.56 Å². The summed E-state index contributed by atoms with van der Waals surface area (Å²) in [7, 11) is 0. The zero-order chi connectivity index (χ0) is 13.9. The van der Waals surface area contributed by atoms with E-state index in [1.165, 1.54) is 48.0 Å². The van der Waals surface area contributed by atoms with Crippen LogP contribution in [-0.2, 0) is 6.54 Å². The fourth-order valence-electron chi connectivity index (χ4n) is 2.73. The van der Waals surface area contributed by atoms with Gasteiger partial charge >= 0.3 is 0 Å². The van der Waals surface area contributed by atoms with Gasteiger partial charge in [-0.1, -0.05) is 30.6 Å². The van der Waals surface area contributed by atoms with Crippen LogP contribution in [0.3, 0.4) is 0 Å². The van der Waals surface area contributed by atoms with Crippen LogP contribution in [0.25, 0.3) is 4.96 Å². The highest BCUT2D eigenvalue weighted by Gasteiger charge is 2.12. The smallest absolute Gasteiger partial charge is 0.275 e. The van der Waals surface area contributed by atoms with Crippen LogP contribution >= 0.6 is 11.3 Å². The normalized spacial score (nSPS) is 18.1. The largest absolute Gasteiger partial charge is 0.298 e. The number of fused-ring (bicyclic) bond motifs is 1. The van der Waals surface area contributed by atoms with Crippen molar-refractivity contribution in [2.45, 2.75) is 45.6 Å². The van der Waals surface area contributed by atoms with Crippen LogP contribution in [0.2, 0.25) is 0 Å². The Hall–Kier alpha value is -1.27. The maximum atomic E-state index is 12.0. The van der Waals surface area contributed by atoms with E-state index in [1.54, 1.807) is 6.07 Å². The summed E-state index contributed by atoms with van der Waals surface area (Å²) >= 11 is 1.47. The Morgan fingerprint density at radius 3 is 2.65 bits per heavy atom. The van der Waals surface area contributed by atoms with E-state index in [0.29, 0.717) is 4.96 Å². The molecule has 0 aliphatic carbocycles. The average Bonchev–Trinajstić information content (AvgIpc) is 2.73. The molecule has 1 saturated heterocycles. The number of likely N-dealkylation sites (tertiary alicyclic amines) is 1. The van der Waals surface area contributed by atoms with E-state index in [1.807, 2.05) is 6.92 Å². The van der Waals surface area contributed by atoms with Gasteiger partial charge < -0.3 is 0 Å². The molecule has 2 aromatic heterocycles. The van der Waals surface area contributed by atoms with E-state index in [2.05, 4.69) is 15.0 Å². The van der Waals surface area contributed by atoms with Gasteiger partial charge in [0.05, 0.1) is 5.69 Å². The monoisotopic (exact) mass is 292 g/mol. The molecule has 0 unspecified atom stereocenters. The lowest BCUT2D eigenvalue weighted by Gasteiger charge is -2.23. The number of aryl methyl sites for hydroxylation is 1. The van der Waals surface area contributed by atoms with E-state index in [4.69, 9.17) is 0 Å². The molecule has 0 saturated carbocycles. The van der Waals surface area contributed by atoms with Gasteiger partial charge in [-0.25, -0.2) is 4.98 Å². The van der Waals surface area contributed by atoms with Crippen molar-refractivity contribution in [3.05, 3.63) is 27.1 Å². The van der Waals surface area contributed by atoms with Crippen molar-refractivity contribution in [1.29, 1.82) is 0 Å². The summed E-state index contributed by atoms with van der Waals surface area (Å²) in [4.78, 5) is 19.7. The van der Waals surface area contributed by atoms with Crippen molar-refractivity contribution in [2.75, 3.05) is 13.1 Å². The molecule has 6 heteroatoms. The molecule has 0 spiro atoms. The Balaban J connectivity index is 1.80. The van der Waals surface area contributed by atoms with Gasteiger partial charge in [0.1, 0.15) is 5.01 Å². The highest BCUT2D eigenvalue weighted by molar-refractivity contribution is 7.16. The number of hydrogen-bond acceptors (Lipinski definition) is 5. The molecule has 1 aliphatic heterocycles. The summed E-state index contributed by atoms with van der Waals surface area (Å²) in [5, 5.41) is 5.05. The molecule has 5 nitrogen and oxygen atoms in total. The Bertz CT molecular complexity index is 640. The molecule has 0 aromatic carbocycles. The molecule has 1 aliphatic rings. The maximum absolute atomic E-state index is 12.0. The molecule has 3 heterocycles. The standard InChI is InChI=1S/C14H20N4OS/c1-11-16-18-13(19)9-12(15-14(18)20-11)10-17-7-5-3-2-4-6-8-17/h9H,2-8,10H2,1H3. The topological polar surface area (TPSA) is 50.5 Å². The van der Waals surface area contributed by atoms with Crippen LogP contribution in [0.4, 0.5) is 0 Å². The molecule has 0 atom stereocenters. The molecular weight excluding hydrogens is 272 g/mol. The van der Waals surface area contributed by atoms with Crippen LogP contribution < -0.4 is 5.56 Å². The van der Waals surface area contributed by atoms with E-state index < -0.39 is 0 Å². The first-order chi connectivity index (χ1) is 9.72. The van der Waals surface area contributed by atoms with Crippen molar-refractivity contribution in [2.24, 2.45) is 0 Å². The molecule has 108 valence electrons. The van der Waals surface area contributed by atoms with E-state index in [0.717, 1.165) is 30.3 Å². The third-order valence-corrected chi connectivity index (χ3v) is 4.56. The fraction of sp³-hybridized carbons (Fsp3) is 0.643. The molecule has 0 bridgehead atoms. The van der Waals surface area contributed by atoms with Crippen LogP contribution in [0.1, 0.15) is 42.8 Å². The van der Waals surface area contributed by atoms with Gasteiger partial charge in [-0.05, 0) is 32.9 Å². The van der Waals surface area contributed by atoms with Crippen LogP contribution in [-0.4, -0.2) is 32.6 Å². The molecule has 2 aromatic rings. The second-order valence-electron chi connectivity index (χ2n) is 5.45. The minimum atomic E-state index is -0.0682. The third kappa shape index (κ3) is 3.07. The van der Waals surface area contributed by atoms with Crippen LogP contribution in [0, 0.1) is 6.92 Å². The predicted octanol–water partition coefficient (Wildman–Crippen LogP) is 2.23. The molecule has 0 amide bonds. The summed E-state index contributed by atoms with van der Waals surface area (Å²) < 4.78 is 1.40. The molecule has 1 fully saturated rings. The van der Waals surface area contributed by atoms with Gasteiger partial charge in [0.2, 0.25) is 4.96 Å². The summed E-state index contributed by atoms with van der Waals surface area (Å²) in [6.45, 7) is 4.91. The van der Waals surface area contributed by atoms with Crippen molar-refractivity contribution in [1.82, 2.24) is 19.5 Å². The lowest BCUT2D eigenvalue weighted by Crippen LogP contribution is -2.28. The summed E-state index contributed by atoms with van der Waals surface area (Å²) in [6.07, 6.45) is 6.50. The Labute approximate surface area is 122 Å². The number of hydrogen-bond donors (Lipinski definition) is 0. The van der Waals surface area contributed by atoms with Gasteiger partial charge in [0, 0.05) is 12.6 Å². The minimum absolute atomic E-state index is 0.0682. The van der Waals surface area contributed by atoms with Crippen LogP contribution in [0.15, 0.2) is 10.9 Å². The first kappa shape index (κ1) is 13.7. The van der Waals surface area contributed by atoms with Gasteiger partial charge in [-0.2, -0.15) is 9.61 Å². The maximum Gasteiger partial charge on any atom is 0.275 e. The quantitative estimate of drug-likeness (QED) is 0.851. The highest BCUT2D eigenvalue weighted by Crippen LogP contribution is 2.14. The Kier molecular flexibility index (Phi) is 4.12. The van der Waals surface area contributed by atoms with Gasteiger partial charge in [0.15, 0.2) is 0 Å². The molecular formula is C14H20N4OS. The zero-order valence-electron chi connectivity index (χ0n) is 11.8. The SMILES string of the molecule is Cc1nn2c(=O)cc(CN3CCCCCCC3)nc2s1. The van der Waals surface area contributed by atoms with Crippen molar-refractivity contribution in [3.63, 3.8) is 0 Å². The van der Waals surface area contributed by atoms with E-state index >= 15 is 0 Å². The zero-order valence-corrected chi connectivity index (χ0v) is 12.7. The highest BCUT2D eigenvalue weighted by atomic mass is 32.1. The summed E-state index contributed by atoms with van der Waals surface area (Å²) in [5.41, 5.74) is 0.806. The van der Waals surface area contributed by atoms with Crippen molar-refractivity contribution in [3.8, 4) is 0 Å². The second kappa shape index (κ2) is 6.01.